The van der Waals surface area contributed by atoms with E-state index in [0.29, 0.717) is 11.3 Å². The standard InChI is InChI=1S/C21H20F3N3O2/c1-13-7-6-8-14(2)18(13)27(11-15(3)29-20(28)21(22,23)24)19-16-9-4-5-10-17(16)25-12-26-19/h4-10,12,15H,11H2,1-3H3. The van der Waals surface area contributed by atoms with Crippen LogP contribution in [0.25, 0.3) is 10.9 Å². The normalized spacial score (nSPS) is 12.6. The molecule has 8 heteroatoms. The number of ether oxygens (including phenoxy) is 1. The van der Waals surface area contributed by atoms with Gasteiger partial charge in [0.1, 0.15) is 18.2 Å². The van der Waals surface area contributed by atoms with E-state index in [1.54, 1.807) is 4.90 Å². The number of fused-ring (bicyclic) bond motifs is 1. The summed E-state index contributed by atoms with van der Waals surface area (Å²) in [6.07, 6.45) is -4.67. The zero-order valence-corrected chi connectivity index (χ0v) is 16.2. The second-order valence-electron chi connectivity index (χ2n) is 6.78. The summed E-state index contributed by atoms with van der Waals surface area (Å²) in [6, 6.07) is 13.1. The molecule has 5 nitrogen and oxygen atoms in total. The molecule has 0 aliphatic heterocycles. The molecule has 0 N–H and O–H groups in total. The van der Waals surface area contributed by atoms with Crippen molar-refractivity contribution in [2.45, 2.75) is 33.1 Å². The topological polar surface area (TPSA) is 55.3 Å². The van der Waals surface area contributed by atoms with Gasteiger partial charge >= 0.3 is 12.1 Å². The smallest absolute Gasteiger partial charge is 0.454 e. The van der Waals surface area contributed by atoms with Crippen molar-refractivity contribution in [3.63, 3.8) is 0 Å². The SMILES string of the molecule is Cc1cccc(C)c1N(CC(C)OC(=O)C(F)(F)F)c1ncnc2ccccc12. The minimum absolute atomic E-state index is 0.00544. The van der Waals surface area contributed by atoms with Crippen LogP contribution in [0.4, 0.5) is 24.7 Å². The fourth-order valence-electron chi connectivity index (χ4n) is 3.26. The Balaban J connectivity index is 2.07. The number of aryl methyl sites for hydroxylation is 2. The van der Waals surface area contributed by atoms with Crippen LogP contribution in [-0.2, 0) is 9.53 Å². The molecular formula is C21H20F3N3O2. The fraction of sp³-hybridized carbons (Fsp3) is 0.286. The molecule has 2 aromatic carbocycles. The maximum absolute atomic E-state index is 12.6. The summed E-state index contributed by atoms with van der Waals surface area (Å²) in [5.41, 5.74) is 3.34. The fourth-order valence-corrected chi connectivity index (χ4v) is 3.26. The Morgan fingerprint density at radius 2 is 1.72 bits per heavy atom. The molecule has 0 fully saturated rings. The van der Waals surface area contributed by atoms with E-state index in [1.165, 1.54) is 13.3 Å². The van der Waals surface area contributed by atoms with Gasteiger partial charge in [-0.25, -0.2) is 14.8 Å². The Labute approximate surface area is 166 Å². The number of rotatable bonds is 5. The molecule has 1 heterocycles. The average molecular weight is 403 g/mol. The number of aromatic nitrogens is 2. The monoisotopic (exact) mass is 403 g/mol. The predicted molar refractivity (Wildman–Crippen MR) is 104 cm³/mol. The van der Waals surface area contributed by atoms with Crippen molar-refractivity contribution in [2.75, 3.05) is 11.4 Å². The third kappa shape index (κ3) is 4.47. The minimum Gasteiger partial charge on any atom is -0.454 e. The van der Waals surface area contributed by atoms with Gasteiger partial charge in [0.25, 0.3) is 0 Å². The number of benzene rings is 2. The first kappa shape index (κ1) is 20.6. The average Bonchev–Trinajstić information content (AvgIpc) is 2.66. The quantitative estimate of drug-likeness (QED) is 0.569. The Hall–Kier alpha value is -3.16. The molecule has 1 atom stereocenters. The largest absolute Gasteiger partial charge is 0.490 e. The number of nitrogens with zero attached hydrogens (tertiary/aromatic N) is 3. The van der Waals surface area contributed by atoms with Gasteiger partial charge in [-0.05, 0) is 44.0 Å². The first-order valence-corrected chi connectivity index (χ1v) is 8.99. The van der Waals surface area contributed by atoms with E-state index >= 15 is 0 Å². The van der Waals surface area contributed by atoms with E-state index in [2.05, 4.69) is 14.7 Å². The van der Waals surface area contributed by atoms with Crippen LogP contribution in [0.3, 0.4) is 0 Å². The van der Waals surface area contributed by atoms with Gasteiger partial charge in [-0.1, -0.05) is 30.3 Å². The molecule has 3 aromatic rings. The van der Waals surface area contributed by atoms with Gasteiger partial charge in [0.15, 0.2) is 0 Å². The van der Waals surface area contributed by atoms with Crippen LogP contribution in [0, 0.1) is 13.8 Å². The third-order valence-corrected chi connectivity index (χ3v) is 4.47. The number of anilines is 2. The van der Waals surface area contributed by atoms with Crippen molar-refractivity contribution in [3.8, 4) is 0 Å². The van der Waals surface area contributed by atoms with E-state index in [9.17, 15) is 18.0 Å². The lowest BCUT2D eigenvalue weighted by atomic mass is 10.1. The predicted octanol–water partition coefficient (Wildman–Crippen LogP) is 4.88. The van der Waals surface area contributed by atoms with Crippen molar-refractivity contribution < 1.29 is 22.7 Å². The first-order valence-electron chi connectivity index (χ1n) is 8.99. The van der Waals surface area contributed by atoms with Gasteiger partial charge in [-0.3, -0.25) is 0 Å². The first-order chi connectivity index (χ1) is 13.7. The van der Waals surface area contributed by atoms with Crippen molar-refractivity contribution in [3.05, 3.63) is 59.9 Å². The molecule has 0 aliphatic carbocycles. The second-order valence-corrected chi connectivity index (χ2v) is 6.78. The van der Waals surface area contributed by atoms with Gasteiger partial charge in [-0.15, -0.1) is 0 Å². The maximum atomic E-state index is 12.6. The van der Waals surface area contributed by atoms with Crippen LogP contribution in [-0.4, -0.2) is 34.8 Å². The van der Waals surface area contributed by atoms with Gasteiger partial charge in [-0.2, -0.15) is 13.2 Å². The lowest BCUT2D eigenvalue weighted by Crippen LogP contribution is -2.35. The second kappa shape index (κ2) is 8.06. The zero-order chi connectivity index (χ0) is 21.2. The van der Waals surface area contributed by atoms with Crippen LogP contribution < -0.4 is 4.90 Å². The Bertz CT molecular complexity index is 1010. The molecule has 0 saturated heterocycles. The highest BCUT2D eigenvalue weighted by atomic mass is 19.4. The number of para-hydroxylation sites is 2. The molecule has 1 unspecified atom stereocenters. The Kier molecular flexibility index (Phi) is 5.72. The summed E-state index contributed by atoms with van der Waals surface area (Å²) in [7, 11) is 0. The molecule has 152 valence electrons. The highest BCUT2D eigenvalue weighted by Gasteiger charge is 2.42. The molecule has 29 heavy (non-hydrogen) atoms. The number of hydrogen-bond donors (Lipinski definition) is 0. The van der Waals surface area contributed by atoms with Gasteiger partial charge in [0.2, 0.25) is 0 Å². The highest BCUT2D eigenvalue weighted by Crippen LogP contribution is 2.34. The minimum atomic E-state index is -5.04. The Morgan fingerprint density at radius 3 is 2.38 bits per heavy atom. The van der Waals surface area contributed by atoms with E-state index in [1.807, 2.05) is 56.3 Å². The summed E-state index contributed by atoms with van der Waals surface area (Å²) in [4.78, 5) is 21.7. The van der Waals surface area contributed by atoms with E-state index in [-0.39, 0.29) is 6.54 Å². The van der Waals surface area contributed by atoms with Crippen molar-refractivity contribution >= 4 is 28.4 Å². The molecule has 0 spiro atoms. The molecule has 0 saturated carbocycles. The lowest BCUT2D eigenvalue weighted by Gasteiger charge is -2.30. The summed E-state index contributed by atoms with van der Waals surface area (Å²) in [5, 5.41) is 0.743. The lowest BCUT2D eigenvalue weighted by molar-refractivity contribution is -0.203. The summed E-state index contributed by atoms with van der Waals surface area (Å²) in [5.74, 6) is -1.68. The van der Waals surface area contributed by atoms with E-state index in [4.69, 9.17) is 0 Å². The van der Waals surface area contributed by atoms with Crippen molar-refractivity contribution in [2.24, 2.45) is 0 Å². The summed E-state index contributed by atoms with van der Waals surface area (Å²) >= 11 is 0. The summed E-state index contributed by atoms with van der Waals surface area (Å²) < 4.78 is 42.5. The summed E-state index contributed by atoms with van der Waals surface area (Å²) in [6.45, 7) is 5.23. The van der Waals surface area contributed by atoms with Crippen LogP contribution in [0.5, 0.6) is 0 Å². The van der Waals surface area contributed by atoms with Gasteiger partial charge < -0.3 is 9.64 Å². The van der Waals surface area contributed by atoms with Crippen molar-refractivity contribution in [1.29, 1.82) is 0 Å². The van der Waals surface area contributed by atoms with E-state index in [0.717, 1.165) is 22.2 Å². The maximum Gasteiger partial charge on any atom is 0.490 e. The van der Waals surface area contributed by atoms with Crippen LogP contribution in [0.1, 0.15) is 18.1 Å². The molecule has 0 amide bonds. The highest BCUT2D eigenvalue weighted by molar-refractivity contribution is 5.92. The number of halogens is 3. The number of esters is 1. The number of hydrogen-bond acceptors (Lipinski definition) is 5. The molecular weight excluding hydrogens is 383 g/mol. The molecule has 0 aliphatic rings. The molecule has 0 bridgehead atoms. The Morgan fingerprint density at radius 1 is 1.07 bits per heavy atom. The molecule has 3 rings (SSSR count). The number of carbonyl (C=O) groups excluding carboxylic acids is 1. The van der Waals surface area contributed by atoms with Crippen molar-refractivity contribution in [1.82, 2.24) is 9.97 Å². The van der Waals surface area contributed by atoms with E-state index < -0.39 is 18.2 Å². The number of alkyl halides is 3. The van der Waals surface area contributed by atoms with Crippen LogP contribution in [0.15, 0.2) is 48.8 Å². The van der Waals surface area contributed by atoms with Gasteiger partial charge in [0, 0.05) is 11.1 Å². The molecule has 1 aromatic heterocycles. The van der Waals surface area contributed by atoms with Crippen LogP contribution in [0.2, 0.25) is 0 Å². The zero-order valence-electron chi connectivity index (χ0n) is 16.2. The van der Waals surface area contributed by atoms with Crippen LogP contribution >= 0.6 is 0 Å². The van der Waals surface area contributed by atoms with Gasteiger partial charge in [0.05, 0.1) is 12.1 Å². The molecule has 0 radical (unpaired) electrons. The third-order valence-electron chi connectivity index (χ3n) is 4.47. The number of carbonyl (C=O) groups is 1.